The number of benzene rings is 2. The number of allylic oxidation sites excluding steroid dienone is 1. The van der Waals surface area contributed by atoms with E-state index in [0.29, 0.717) is 22.1 Å². The lowest BCUT2D eigenvalue weighted by Crippen LogP contribution is -1.94. The number of thiazole rings is 1. The molecule has 0 spiro atoms. The first-order valence-corrected chi connectivity index (χ1v) is 8.73. The summed E-state index contributed by atoms with van der Waals surface area (Å²) in [7, 11) is 3.17. The van der Waals surface area contributed by atoms with Crippen LogP contribution >= 0.6 is 11.3 Å². The third-order valence-electron chi connectivity index (χ3n) is 3.69. The predicted molar refractivity (Wildman–Crippen MR) is 104 cm³/mol. The van der Waals surface area contributed by atoms with Crippen molar-refractivity contribution in [3.05, 3.63) is 65.1 Å². The van der Waals surface area contributed by atoms with E-state index in [1.807, 2.05) is 47.8 Å². The van der Waals surface area contributed by atoms with Gasteiger partial charge in [-0.25, -0.2) is 4.98 Å². The monoisotopic (exact) mass is 363 g/mol. The molecule has 1 aromatic heterocycles. The van der Waals surface area contributed by atoms with E-state index in [4.69, 9.17) is 9.47 Å². The van der Waals surface area contributed by atoms with Crippen LogP contribution in [0.1, 0.15) is 5.01 Å². The summed E-state index contributed by atoms with van der Waals surface area (Å²) < 4.78 is 10.5. The van der Waals surface area contributed by atoms with Gasteiger partial charge in [-0.05, 0) is 12.1 Å². The zero-order valence-electron chi connectivity index (χ0n) is 14.4. The Morgan fingerprint density at radius 3 is 2.58 bits per heavy atom. The Morgan fingerprint density at radius 2 is 1.88 bits per heavy atom. The van der Waals surface area contributed by atoms with Gasteiger partial charge >= 0.3 is 0 Å². The Morgan fingerprint density at radius 1 is 1.12 bits per heavy atom. The summed E-state index contributed by atoms with van der Waals surface area (Å²) in [5, 5.41) is 15.2. The van der Waals surface area contributed by atoms with Gasteiger partial charge in [0.25, 0.3) is 0 Å². The molecule has 6 heteroatoms. The molecule has 2 aromatic carbocycles. The quantitative estimate of drug-likeness (QED) is 0.637. The fraction of sp³-hybridized carbons (Fsp3) is 0.100. The lowest BCUT2D eigenvalue weighted by molar-refractivity contribution is 0.355. The van der Waals surface area contributed by atoms with Gasteiger partial charge in [0, 0.05) is 28.9 Å². The highest BCUT2D eigenvalue weighted by Gasteiger charge is 2.09. The van der Waals surface area contributed by atoms with Crippen LogP contribution in [0, 0.1) is 11.3 Å². The number of rotatable bonds is 6. The van der Waals surface area contributed by atoms with Gasteiger partial charge < -0.3 is 14.8 Å². The first kappa shape index (κ1) is 17.5. The first-order valence-electron chi connectivity index (χ1n) is 7.85. The minimum absolute atomic E-state index is 0.465. The van der Waals surface area contributed by atoms with Crippen molar-refractivity contribution in [2.45, 2.75) is 0 Å². The highest BCUT2D eigenvalue weighted by atomic mass is 32.1. The van der Waals surface area contributed by atoms with Crippen molar-refractivity contribution in [1.29, 1.82) is 5.26 Å². The number of nitrogens with one attached hydrogen (secondary N) is 1. The van der Waals surface area contributed by atoms with Crippen LogP contribution in [0.25, 0.3) is 16.8 Å². The molecule has 0 unspecified atom stereocenters. The number of nitriles is 1. The largest absolute Gasteiger partial charge is 0.493 e. The molecule has 0 fully saturated rings. The molecule has 0 bridgehead atoms. The number of hydrogen-bond acceptors (Lipinski definition) is 6. The minimum atomic E-state index is 0.465. The SMILES string of the molecule is COc1ccc(N/C=C(/C#N)c2nc(-c3ccccc3)cs2)cc1OC. The summed E-state index contributed by atoms with van der Waals surface area (Å²) >= 11 is 1.44. The van der Waals surface area contributed by atoms with E-state index >= 15 is 0 Å². The first-order chi connectivity index (χ1) is 12.7. The summed E-state index contributed by atoms with van der Waals surface area (Å²) in [6.45, 7) is 0. The second-order valence-electron chi connectivity index (χ2n) is 5.29. The van der Waals surface area contributed by atoms with E-state index in [0.717, 1.165) is 16.9 Å². The van der Waals surface area contributed by atoms with Crippen LogP contribution in [-0.4, -0.2) is 19.2 Å². The highest BCUT2D eigenvalue weighted by molar-refractivity contribution is 7.11. The number of anilines is 1. The van der Waals surface area contributed by atoms with E-state index < -0.39 is 0 Å². The number of methoxy groups -OCH3 is 2. The Labute approximate surface area is 156 Å². The molecule has 1 heterocycles. The molecule has 0 amide bonds. The average molecular weight is 363 g/mol. The van der Waals surface area contributed by atoms with Crippen LogP contribution in [0.3, 0.4) is 0 Å². The summed E-state index contributed by atoms with van der Waals surface area (Å²) in [6, 6.07) is 17.5. The molecule has 0 saturated carbocycles. The van der Waals surface area contributed by atoms with Gasteiger partial charge in [-0.2, -0.15) is 5.26 Å². The minimum Gasteiger partial charge on any atom is -0.493 e. The van der Waals surface area contributed by atoms with Crippen molar-refractivity contribution >= 4 is 22.6 Å². The summed E-state index contributed by atoms with van der Waals surface area (Å²) in [5.74, 6) is 1.26. The lowest BCUT2D eigenvalue weighted by Gasteiger charge is -2.09. The van der Waals surface area contributed by atoms with E-state index in [-0.39, 0.29) is 0 Å². The normalized spacial score (nSPS) is 10.9. The van der Waals surface area contributed by atoms with Crippen molar-refractivity contribution in [3.8, 4) is 28.8 Å². The smallest absolute Gasteiger partial charge is 0.162 e. The molecule has 0 aliphatic heterocycles. The van der Waals surface area contributed by atoms with E-state index in [1.165, 1.54) is 11.3 Å². The molecule has 0 aliphatic rings. The standard InChI is InChI=1S/C20H17N3O2S/c1-24-18-9-8-16(10-19(18)25-2)22-12-15(11-21)20-23-17(13-26-20)14-6-4-3-5-7-14/h3-10,12-13,22H,1-2H3/b15-12-. The van der Waals surface area contributed by atoms with Crippen LogP contribution in [0.2, 0.25) is 0 Å². The Balaban J connectivity index is 1.81. The molecule has 0 atom stereocenters. The molecular weight excluding hydrogens is 346 g/mol. The van der Waals surface area contributed by atoms with Gasteiger partial charge in [0.05, 0.1) is 19.9 Å². The highest BCUT2D eigenvalue weighted by Crippen LogP contribution is 2.30. The lowest BCUT2D eigenvalue weighted by atomic mass is 10.2. The third kappa shape index (κ3) is 3.85. The molecule has 5 nitrogen and oxygen atoms in total. The van der Waals surface area contributed by atoms with Crippen molar-refractivity contribution < 1.29 is 9.47 Å². The molecule has 3 aromatic rings. The predicted octanol–water partition coefficient (Wildman–Crippen LogP) is 4.80. The molecular formula is C20H17N3O2S. The maximum atomic E-state index is 9.48. The zero-order valence-corrected chi connectivity index (χ0v) is 15.2. The third-order valence-corrected chi connectivity index (χ3v) is 4.57. The maximum Gasteiger partial charge on any atom is 0.162 e. The molecule has 130 valence electrons. The molecule has 3 rings (SSSR count). The summed E-state index contributed by atoms with van der Waals surface area (Å²) in [5.41, 5.74) is 3.14. The van der Waals surface area contributed by atoms with Crippen molar-refractivity contribution in [2.24, 2.45) is 0 Å². The number of hydrogen-bond donors (Lipinski definition) is 1. The van der Waals surface area contributed by atoms with E-state index in [1.54, 1.807) is 26.5 Å². The fourth-order valence-electron chi connectivity index (χ4n) is 2.36. The maximum absolute atomic E-state index is 9.48. The number of ether oxygens (including phenoxy) is 2. The molecule has 0 saturated heterocycles. The zero-order chi connectivity index (χ0) is 18.4. The molecule has 1 N–H and O–H groups in total. The van der Waals surface area contributed by atoms with Crippen molar-refractivity contribution in [3.63, 3.8) is 0 Å². The molecule has 0 radical (unpaired) electrons. The van der Waals surface area contributed by atoms with Gasteiger partial charge in [0.15, 0.2) is 11.5 Å². The van der Waals surface area contributed by atoms with E-state index in [9.17, 15) is 5.26 Å². The summed E-state index contributed by atoms with van der Waals surface area (Å²) in [6.07, 6.45) is 1.65. The fourth-order valence-corrected chi connectivity index (χ4v) is 3.16. The van der Waals surface area contributed by atoms with Gasteiger partial charge in [0.1, 0.15) is 16.6 Å². The molecule has 0 aliphatic carbocycles. The second kappa shape index (κ2) is 8.19. The van der Waals surface area contributed by atoms with Gasteiger partial charge in [-0.15, -0.1) is 11.3 Å². The van der Waals surface area contributed by atoms with Crippen LogP contribution in [0.5, 0.6) is 11.5 Å². The topological polar surface area (TPSA) is 67.2 Å². The van der Waals surface area contributed by atoms with Crippen LogP contribution in [0.4, 0.5) is 5.69 Å². The van der Waals surface area contributed by atoms with Crippen molar-refractivity contribution in [2.75, 3.05) is 19.5 Å². The van der Waals surface area contributed by atoms with Gasteiger partial charge in [-0.3, -0.25) is 0 Å². The van der Waals surface area contributed by atoms with Gasteiger partial charge in [-0.1, -0.05) is 30.3 Å². The van der Waals surface area contributed by atoms with Crippen LogP contribution in [-0.2, 0) is 0 Å². The Hall–Kier alpha value is -3.30. The summed E-state index contributed by atoms with van der Waals surface area (Å²) in [4.78, 5) is 4.57. The van der Waals surface area contributed by atoms with Crippen LogP contribution in [0.15, 0.2) is 60.1 Å². The van der Waals surface area contributed by atoms with Crippen LogP contribution < -0.4 is 14.8 Å². The number of aromatic nitrogens is 1. The van der Waals surface area contributed by atoms with Gasteiger partial charge in [0.2, 0.25) is 0 Å². The number of nitrogens with zero attached hydrogens (tertiary/aromatic N) is 2. The average Bonchev–Trinajstić information content (AvgIpc) is 3.19. The Bertz CT molecular complexity index is 959. The Kier molecular flexibility index (Phi) is 5.52. The van der Waals surface area contributed by atoms with E-state index in [2.05, 4.69) is 16.4 Å². The second-order valence-corrected chi connectivity index (χ2v) is 6.15. The molecule has 26 heavy (non-hydrogen) atoms. The van der Waals surface area contributed by atoms with Crippen molar-refractivity contribution in [1.82, 2.24) is 4.98 Å².